The molecule has 148 valence electrons. The summed E-state index contributed by atoms with van der Waals surface area (Å²) >= 11 is 0. The van der Waals surface area contributed by atoms with Crippen LogP contribution in [0.4, 0.5) is 20.2 Å². The minimum Gasteiger partial charge on any atom is -0.493 e. The molecule has 4 rings (SSSR count). The summed E-state index contributed by atoms with van der Waals surface area (Å²) in [4.78, 5) is 14.9. The van der Waals surface area contributed by atoms with Gasteiger partial charge in [-0.15, -0.1) is 0 Å². The Morgan fingerprint density at radius 1 is 0.966 bits per heavy atom. The fraction of sp³-hybridized carbons (Fsp3) is 0.136. The highest BCUT2D eigenvalue weighted by Crippen LogP contribution is 2.39. The lowest BCUT2D eigenvalue weighted by Gasteiger charge is -2.38. The van der Waals surface area contributed by atoms with Crippen LogP contribution in [0.2, 0.25) is 0 Å². The van der Waals surface area contributed by atoms with Gasteiger partial charge in [-0.05, 0) is 42.0 Å². The monoisotopic (exact) mass is 396 g/mol. The van der Waals surface area contributed by atoms with Gasteiger partial charge in [-0.2, -0.15) is 8.78 Å². The van der Waals surface area contributed by atoms with Crippen LogP contribution >= 0.6 is 0 Å². The van der Waals surface area contributed by atoms with Gasteiger partial charge in [0.25, 0.3) is 5.91 Å². The Morgan fingerprint density at radius 3 is 2.41 bits per heavy atom. The quantitative estimate of drug-likeness (QED) is 0.654. The van der Waals surface area contributed by atoms with E-state index < -0.39 is 12.8 Å². The molecule has 5 nitrogen and oxygen atoms in total. The summed E-state index contributed by atoms with van der Waals surface area (Å²) in [5.74, 6) is -0.105. The van der Waals surface area contributed by atoms with Gasteiger partial charge in [0.1, 0.15) is 6.17 Å². The number of nitrogens with one attached hydrogen (secondary N) is 1. The first-order valence-electron chi connectivity index (χ1n) is 8.95. The maximum absolute atomic E-state index is 13.3. The number of rotatable bonds is 5. The molecule has 0 unspecified atom stereocenters. The molecule has 1 aliphatic rings. The van der Waals surface area contributed by atoms with Crippen molar-refractivity contribution in [2.75, 3.05) is 17.3 Å². The molecule has 0 aromatic heterocycles. The van der Waals surface area contributed by atoms with Gasteiger partial charge in [0.05, 0.1) is 12.7 Å². The van der Waals surface area contributed by atoms with Gasteiger partial charge < -0.3 is 14.8 Å². The molecule has 0 radical (unpaired) electrons. The van der Waals surface area contributed by atoms with Crippen LogP contribution in [0.1, 0.15) is 22.1 Å². The summed E-state index contributed by atoms with van der Waals surface area (Å²) in [6, 6.07) is 21.1. The summed E-state index contributed by atoms with van der Waals surface area (Å²) in [6.07, 6.45) is -0.620. The number of halogens is 2. The van der Waals surface area contributed by atoms with Crippen LogP contribution in [-0.2, 0) is 0 Å². The SMILES string of the molecule is COc1ccc([C@@H]2Nc3ccccc3C(=O)N2c2ccccc2)cc1OC(F)F. The number of carbonyl (C=O) groups excluding carboxylic acids is 1. The Kier molecular flexibility index (Phi) is 5.03. The van der Waals surface area contributed by atoms with Crippen molar-refractivity contribution >= 4 is 17.3 Å². The normalized spacial score (nSPS) is 15.7. The van der Waals surface area contributed by atoms with Crippen LogP contribution in [0.25, 0.3) is 0 Å². The number of anilines is 2. The molecule has 0 saturated carbocycles. The Labute approximate surface area is 166 Å². The molecular weight excluding hydrogens is 378 g/mol. The highest BCUT2D eigenvalue weighted by molar-refractivity contribution is 6.12. The second kappa shape index (κ2) is 7.79. The first kappa shape index (κ1) is 18.7. The topological polar surface area (TPSA) is 50.8 Å². The average molecular weight is 396 g/mol. The van der Waals surface area contributed by atoms with Crippen molar-refractivity contribution < 1.29 is 23.0 Å². The van der Waals surface area contributed by atoms with Crippen LogP contribution in [0.5, 0.6) is 11.5 Å². The van der Waals surface area contributed by atoms with Gasteiger partial charge in [0.2, 0.25) is 0 Å². The fourth-order valence-corrected chi connectivity index (χ4v) is 3.39. The van der Waals surface area contributed by atoms with E-state index in [0.717, 1.165) is 0 Å². The summed E-state index contributed by atoms with van der Waals surface area (Å²) in [5.41, 5.74) is 2.46. The molecule has 1 atom stereocenters. The van der Waals surface area contributed by atoms with Gasteiger partial charge in [-0.25, -0.2) is 0 Å². The third kappa shape index (κ3) is 3.59. The molecule has 1 heterocycles. The van der Waals surface area contributed by atoms with E-state index in [1.54, 1.807) is 29.2 Å². The molecule has 7 heteroatoms. The molecule has 1 amide bonds. The molecule has 0 spiro atoms. The number of methoxy groups -OCH3 is 1. The second-order valence-electron chi connectivity index (χ2n) is 6.39. The van der Waals surface area contributed by atoms with E-state index >= 15 is 0 Å². The molecule has 0 saturated heterocycles. The largest absolute Gasteiger partial charge is 0.493 e. The fourth-order valence-electron chi connectivity index (χ4n) is 3.39. The number of amides is 1. The predicted molar refractivity (Wildman–Crippen MR) is 106 cm³/mol. The Morgan fingerprint density at radius 2 is 1.69 bits per heavy atom. The van der Waals surface area contributed by atoms with Crippen LogP contribution in [0.3, 0.4) is 0 Å². The molecule has 3 aromatic carbocycles. The van der Waals surface area contributed by atoms with Crippen molar-refractivity contribution in [2.45, 2.75) is 12.8 Å². The summed E-state index contributed by atoms with van der Waals surface area (Å²) in [5, 5.41) is 3.33. The number of benzene rings is 3. The summed E-state index contributed by atoms with van der Waals surface area (Å²) in [7, 11) is 1.38. The number of fused-ring (bicyclic) bond motifs is 1. The Balaban J connectivity index is 1.83. The highest BCUT2D eigenvalue weighted by Gasteiger charge is 2.34. The smallest absolute Gasteiger partial charge is 0.387 e. The van der Waals surface area contributed by atoms with E-state index in [2.05, 4.69) is 10.1 Å². The number of hydrogen-bond donors (Lipinski definition) is 1. The lowest BCUT2D eigenvalue weighted by Crippen LogP contribution is -2.43. The summed E-state index contributed by atoms with van der Waals surface area (Å²) in [6.45, 7) is -2.99. The van der Waals surface area contributed by atoms with Crippen molar-refractivity contribution in [1.29, 1.82) is 0 Å². The second-order valence-corrected chi connectivity index (χ2v) is 6.39. The molecule has 3 aromatic rings. The standard InChI is InChI=1S/C22H18F2N2O3/c1-28-18-12-11-14(13-19(18)29-22(23)24)20-25-17-10-6-5-9-16(17)21(27)26(20)15-7-3-2-4-8-15/h2-13,20,22,25H,1H3/t20-/m1/s1. The van der Waals surface area contributed by atoms with E-state index in [1.807, 2.05) is 42.5 Å². The van der Waals surface area contributed by atoms with Gasteiger partial charge in [0.15, 0.2) is 11.5 Å². The van der Waals surface area contributed by atoms with Crippen molar-refractivity contribution in [3.63, 3.8) is 0 Å². The van der Waals surface area contributed by atoms with E-state index in [0.29, 0.717) is 22.5 Å². The molecular formula is C22H18F2N2O3. The lowest BCUT2D eigenvalue weighted by atomic mass is 10.0. The minimum absolute atomic E-state index is 0.0962. The first-order valence-corrected chi connectivity index (χ1v) is 8.95. The van der Waals surface area contributed by atoms with Crippen molar-refractivity contribution in [3.05, 3.63) is 83.9 Å². The van der Waals surface area contributed by atoms with E-state index in [9.17, 15) is 13.6 Å². The number of para-hydroxylation sites is 2. The third-order valence-electron chi connectivity index (χ3n) is 4.68. The summed E-state index contributed by atoms with van der Waals surface area (Å²) < 4.78 is 35.4. The molecule has 1 aliphatic heterocycles. The average Bonchev–Trinajstić information content (AvgIpc) is 2.74. The zero-order valence-electron chi connectivity index (χ0n) is 15.5. The van der Waals surface area contributed by atoms with Gasteiger partial charge in [-0.3, -0.25) is 9.69 Å². The maximum Gasteiger partial charge on any atom is 0.387 e. The number of nitrogens with zero attached hydrogens (tertiary/aromatic N) is 1. The van der Waals surface area contributed by atoms with E-state index in [1.165, 1.54) is 13.2 Å². The first-order chi connectivity index (χ1) is 14.1. The maximum atomic E-state index is 13.3. The highest BCUT2D eigenvalue weighted by atomic mass is 19.3. The van der Waals surface area contributed by atoms with Crippen LogP contribution in [0.15, 0.2) is 72.8 Å². The van der Waals surface area contributed by atoms with Gasteiger partial charge in [0, 0.05) is 11.4 Å². The number of ether oxygens (including phenoxy) is 2. The lowest BCUT2D eigenvalue weighted by molar-refractivity contribution is -0.0512. The molecule has 0 bridgehead atoms. The van der Waals surface area contributed by atoms with Gasteiger partial charge in [-0.1, -0.05) is 36.4 Å². The van der Waals surface area contributed by atoms with Crippen molar-refractivity contribution in [3.8, 4) is 11.5 Å². The number of hydrogen-bond acceptors (Lipinski definition) is 4. The number of alkyl halides is 2. The molecule has 0 aliphatic carbocycles. The third-order valence-corrected chi connectivity index (χ3v) is 4.68. The zero-order chi connectivity index (χ0) is 20.4. The molecule has 29 heavy (non-hydrogen) atoms. The molecule has 0 fully saturated rings. The number of carbonyl (C=O) groups is 1. The van der Waals surface area contributed by atoms with Gasteiger partial charge >= 0.3 is 6.61 Å². The predicted octanol–water partition coefficient (Wildman–Crippen LogP) is 5.07. The zero-order valence-corrected chi connectivity index (χ0v) is 15.5. The van der Waals surface area contributed by atoms with Crippen LogP contribution in [-0.4, -0.2) is 19.6 Å². The van der Waals surface area contributed by atoms with E-state index in [-0.39, 0.29) is 17.4 Å². The Hall–Kier alpha value is -3.61. The molecule has 1 N–H and O–H groups in total. The van der Waals surface area contributed by atoms with Crippen molar-refractivity contribution in [2.24, 2.45) is 0 Å². The van der Waals surface area contributed by atoms with E-state index in [4.69, 9.17) is 4.74 Å². The van der Waals surface area contributed by atoms with Crippen LogP contribution in [0, 0.1) is 0 Å². The van der Waals surface area contributed by atoms with Crippen molar-refractivity contribution in [1.82, 2.24) is 0 Å². The Bertz CT molecular complexity index is 1030. The minimum atomic E-state index is -2.99. The van der Waals surface area contributed by atoms with Crippen LogP contribution < -0.4 is 19.7 Å².